The lowest BCUT2D eigenvalue weighted by Gasteiger charge is -2.30. The minimum absolute atomic E-state index is 0.261. The van der Waals surface area contributed by atoms with Crippen LogP contribution in [0.3, 0.4) is 0 Å². The molecule has 2 N–H and O–H groups in total. The van der Waals surface area contributed by atoms with Crippen LogP contribution < -0.4 is 5.73 Å². The highest BCUT2D eigenvalue weighted by atomic mass is 35.5. The summed E-state index contributed by atoms with van der Waals surface area (Å²) in [5.74, 6) is -1.82. The lowest BCUT2D eigenvalue weighted by molar-refractivity contribution is -0.149. The summed E-state index contributed by atoms with van der Waals surface area (Å²) in [6, 6.07) is 4.98. The number of hydrogen-bond donors (Lipinski definition) is 1. The number of primary amides is 1. The number of halogens is 2. The van der Waals surface area contributed by atoms with E-state index in [2.05, 4.69) is 0 Å². The Hall–Kier alpha value is -2.05. The Kier molecular flexibility index (Phi) is 6.84. The maximum Gasteiger partial charge on any atom is 0.331 e. The molecule has 8 heteroatoms. The van der Waals surface area contributed by atoms with Crippen LogP contribution in [0.15, 0.2) is 24.3 Å². The van der Waals surface area contributed by atoms with E-state index in [0.29, 0.717) is 35.0 Å². The van der Waals surface area contributed by atoms with E-state index in [0.717, 1.165) is 6.08 Å². The Bertz CT molecular complexity index is 686. The molecule has 0 aliphatic carbocycles. The number of carbonyl (C=O) groups excluding carboxylic acids is 3. The molecule has 0 unspecified atom stereocenters. The van der Waals surface area contributed by atoms with E-state index in [9.17, 15) is 14.4 Å². The van der Waals surface area contributed by atoms with Crippen LogP contribution in [0.4, 0.5) is 0 Å². The molecule has 1 heterocycles. The zero-order chi connectivity index (χ0) is 18.4. The fourth-order valence-corrected chi connectivity index (χ4v) is 3.05. The number of ether oxygens (including phenoxy) is 1. The SMILES string of the molecule is NC(=O)[C@@H]1CCCN(C(=O)COC(=O)/C=C/c2c(Cl)cccc2Cl)C1. The molecule has 0 bridgehead atoms. The first kappa shape index (κ1) is 19.3. The Morgan fingerprint density at radius 2 is 1.96 bits per heavy atom. The van der Waals surface area contributed by atoms with Gasteiger partial charge in [0.05, 0.1) is 5.92 Å². The second-order valence-corrected chi connectivity index (χ2v) is 6.47. The number of likely N-dealkylation sites (tertiary alicyclic amines) is 1. The van der Waals surface area contributed by atoms with E-state index in [1.165, 1.54) is 11.0 Å². The molecule has 6 nitrogen and oxygen atoms in total. The van der Waals surface area contributed by atoms with Crippen molar-refractivity contribution in [3.8, 4) is 0 Å². The Balaban J connectivity index is 1.86. The smallest absolute Gasteiger partial charge is 0.331 e. The van der Waals surface area contributed by atoms with Crippen LogP contribution in [0.2, 0.25) is 10.0 Å². The third-order valence-corrected chi connectivity index (χ3v) is 4.56. The number of hydrogen-bond acceptors (Lipinski definition) is 4. The van der Waals surface area contributed by atoms with Gasteiger partial charge in [-0.25, -0.2) is 4.79 Å². The summed E-state index contributed by atoms with van der Waals surface area (Å²) in [6.45, 7) is 0.382. The number of carbonyl (C=O) groups is 3. The zero-order valence-corrected chi connectivity index (χ0v) is 14.9. The molecule has 0 saturated carbocycles. The minimum atomic E-state index is -0.687. The average molecular weight is 385 g/mol. The summed E-state index contributed by atoms with van der Waals surface area (Å²) in [4.78, 5) is 36.6. The van der Waals surface area contributed by atoms with Gasteiger partial charge in [-0.3, -0.25) is 9.59 Å². The van der Waals surface area contributed by atoms with Crippen molar-refractivity contribution in [2.45, 2.75) is 12.8 Å². The van der Waals surface area contributed by atoms with Crippen molar-refractivity contribution in [3.05, 3.63) is 39.9 Å². The molecule has 25 heavy (non-hydrogen) atoms. The third-order valence-electron chi connectivity index (χ3n) is 3.90. The molecule has 1 aliphatic rings. The highest BCUT2D eigenvalue weighted by molar-refractivity contribution is 6.37. The van der Waals surface area contributed by atoms with Crippen LogP contribution >= 0.6 is 23.2 Å². The van der Waals surface area contributed by atoms with Gasteiger partial charge in [0.25, 0.3) is 5.91 Å². The molecule has 0 radical (unpaired) electrons. The number of nitrogens with two attached hydrogens (primary N) is 1. The summed E-state index contributed by atoms with van der Waals surface area (Å²) in [5.41, 5.74) is 5.77. The fraction of sp³-hybridized carbons (Fsp3) is 0.353. The van der Waals surface area contributed by atoms with Gasteiger partial charge in [0.2, 0.25) is 5.91 Å². The van der Waals surface area contributed by atoms with E-state index in [1.54, 1.807) is 18.2 Å². The monoisotopic (exact) mass is 384 g/mol. The summed E-state index contributed by atoms with van der Waals surface area (Å²) in [6.07, 6.45) is 3.95. The summed E-state index contributed by atoms with van der Waals surface area (Å²) >= 11 is 12.0. The average Bonchev–Trinajstić information content (AvgIpc) is 2.59. The topological polar surface area (TPSA) is 89.7 Å². The van der Waals surface area contributed by atoms with Gasteiger partial charge >= 0.3 is 5.97 Å². The molecule has 1 fully saturated rings. The molecule has 2 amide bonds. The maximum absolute atomic E-state index is 12.1. The van der Waals surface area contributed by atoms with E-state index in [4.69, 9.17) is 33.7 Å². The largest absolute Gasteiger partial charge is 0.452 e. The molecular formula is C17H18Cl2N2O4. The number of amides is 2. The van der Waals surface area contributed by atoms with E-state index in [-0.39, 0.29) is 18.4 Å². The van der Waals surface area contributed by atoms with Crippen LogP contribution in [0.5, 0.6) is 0 Å². The predicted octanol–water partition coefficient (Wildman–Crippen LogP) is 2.27. The second kappa shape index (κ2) is 8.87. The van der Waals surface area contributed by atoms with Gasteiger partial charge in [-0.15, -0.1) is 0 Å². The van der Waals surface area contributed by atoms with E-state index < -0.39 is 18.5 Å². The summed E-state index contributed by atoms with van der Waals surface area (Å²) < 4.78 is 4.93. The van der Waals surface area contributed by atoms with Gasteiger partial charge in [0.15, 0.2) is 6.61 Å². The van der Waals surface area contributed by atoms with E-state index >= 15 is 0 Å². The van der Waals surface area contributed by atoms with Gasteiger partial charge in [-0.2, -0.15) is 0 Å². The third kappa shape index (κ3) is 5.47. The van der Waals surface area contributed by atoms with Crippen molar-refractivity contribution in [3.63, 3.8) is 0 Å². The Labute approximate surface area is 155 Å². The molecule has 1 aromatic carbocycles. The van der Waals surface area contributed by atoms with Crippen molar-refractivity contribution in [2.75, 3.05) is 19.7 Å². The number of piperidine rings is 1. The van der Waals surface area contributed by atoms with Crippen molar-refractivity contribution in [1.29, 1.82) is 0 Å². The van der Waals surface area contributed by atoms with Crippen LogP contribution in [-0.2, 0) is 19.1 Å². The number of benzene rings is 1. The molecule has 1 saturated heterocycles. The molecule has 1 aromatic rings. The van der Waals surface area contributed by atoms with Gasteiger partial charge in [-0.05, 0) is 31.1 Å². The summed E-state index contributed by atoms with van der Waals surface area (Å²) in [7, 11) is 0. The molecular weight excluding hydrogens is 367 g/mol. The number of esters is 1. The molecule has 134 valence electrons. The van der Waals surface area contributed by atoms with Crippen molar-refractivity contribution >= 4 is 47.1 Å². The lowest BCUT2D eigenvalue weighted by Crippen LogP contribution is -2.45. The van der Waals surface area contributed by atoms with Gasteiger partial charge in [-0.1, -0.05) is 29.3 Å². The predicted molar refractivity (Wildman–Crippen MR) is 95.0 cm³/mol. The Morgan fingerprint density at radius 3 is 2.60 bits per heavy atom. The maximum atomic E-state index is 12.1. The normalized spacial score (nSPS) is 17.5. The first-order chi connectivity index (χ1) is 11.9. The van der Waals surface area contributed by atoms with Crippen LogP contribution in [0, 0.1) is 5.92 Å². The van der Waals surface area contributed by atoms with Crippen LogP contribution in [0.1, 0.15) is 18.4 Å². The van der Waals surface area contributed by atoms with Crippen LogP contribution in [0.25, 0.3) is 6.08 Å². The second-order valence-electron chi connectivity index (χ2n) is 5.66. The first-order valence-electron chi connectivity index (χ1n) is 7.74. The lowest BCUT2D eigenvalue weighted by atomic mass is 9.97. The van der Waals surface area contributed by atoms with Gasteiger partial charge in [0, 0.05) is 34.8 Å². The first-order valence-corrected chi connectivity index (χ1v) is 8.50. The number of rotatable bonds is 5. The van der Waals surface area contributed by atoms with Gasteiger partial charge in [0.1, 0.15) is 0 Å². The molecule has 1 aliphatic heterocycles. The van der Waals surface area contributed by atoms with E-state index in [1.807, 2.05) is 0 Å². The molecule has 0 spiro atoms. The highest BCUT2D eigenvalue weighted by Gasteiger charge is 2.27. The van der Waals surface area contributed by atoms with Crippen molar-refractivity contribution in [2.24, 2.45) is 11.7 Å². The standard InChI is InChI=1S/C17H18Cl2N2O4/c18-13-4-1-5-14(19)12(13)6-7-16(23)25-10-15(22)21-8-2-3-11(9-21)17(20)24/h1,4-7,11H,2-3,8-10H2,(H2,20,24)/b7-6+/t11-/m1/s1. The highest BCUT2D eigenvalue weighted by Crippen LogP contribution is 2.25. The fourth-order valence-electron chi connectivity index (χ4n) is 2.53. The molecule has 2 rings (SSSR count). The van der Waals surface area contributed by atoms with Crippen molar-refractivity contribution in [1.82, 2.24) is 4.90 Å². The van der Waals surface area contributed by atoms with Gasteiger partial charge < -0.3 is 15.4 Å². The quantitative estimate of drug-likeness (QED) is 0.622. The molecule has 0 aromatic heterocycles. The zero-order valence-electron chi connectivity index (χ0n) is 13.4. The Morgan fingerprint density at radius 1 is 1.28 bits per heavy atom. The van der Waals surface area contributed by atoms with Crippen molar-refractivity contribution < 1.29 is 19.1 Å². The van der Waals surface area contributed by atoms with Crippen LogP contribution in [-0.4, -0.2) is 42.4 Å². The summed E-state index contributed by atoms with van der Waals surface area (Å²) in [5, 5.41) is 0.803. The minimum Gasteiger partial charge on any atom is -0.452 e. The molecule has 1 atom stereocenters. The number of nitrogens with zero attached hydrogens (tertiary/aromatic N) is 1.